The van der Waals surface area contributed by atoms with Gasteiger partial charge < -0.3 is 10.0 Å². The van der Waals surface area contributed by atoms with Crippen LogP contribution in [0.1, 0.15) is 20.3 Å². The second-order valence-electron chi connectivity index (χ2n) is 4.12. The summed E-state index contributed by atoms with van der Waals surface area (Å²) in [6, 6.07) is 1.51. The molecule has 7 heteroatoms. The van der Waals surface area contributed by atoms with Gasteiger partial charge in [0.2, 0.25) is 5.82 Å². The number of aromatic nitrogens is 1. The fourth-order valence-corrected chi connectivity index (χ4v) is 1.95. The Morgan fingerprint density at radius 3 is 2.78 bits per heavy atom. The molecule has 0 aliphatic rings. The van der Waals surface area contributed by atoms with Crippen molar-refractivity contribution in [2.24, 2.45) is 0 Å². The van der Waals surface area contributed by atoms with Crippen molar-refractivity contribution in [3.05, 3.63) is 26.9 Å². The molecule has 1 heterocycles. The molecule has 0 spiro atoms. The number of pyridine rings is 1. The number of aliphatic hydroxyl groups excluding tert-OH is 1. The summed E-state index contributed by atoms with van der Waals surface area (Å²) >= 11 is 3.18. The molecule has 1 N–H and O–H groups in total. The van der Waals surface area contributed by atoms with Crippen LogP contribution >= 0.6 is 15.9 Å². The molecule has 0 saturated carbocycles. The number of aliphatic hydroxyl groups is 1. The first kappa shape index (κ1) is 14.8. The largest absolute Gasteiger partial charge is 0.396 e. The molecular weight excluding hydrogens is 302 g/mol. The first-order valence-corrected chi connectivity index (χ1v) is 6.44. The number of rotatable bonds is 6. The van der Waals surface area contributed by atoms with Crippen LogP contribution in [0.5, 0.6) is 0 Å². The van der Waals surface area contributed by atoms with Crippen LogP contribution in [0.3, 0.4) is 0 Å². The van der Waals surface area contributed by atoms with E-state index in [-0.39, 0.29) is 18.3 Å². The van der Waals surface area contributed by atoms with Gasteiger partial charge in [-0.15, -0.1) is 0 Å². The predicted octanol–water partition coefficient (Wildman–Crippen LogP) is 2.35. The zero-order chi connectivity index (χ0) is 13.7. The third-order valence-electron chi connectivity index (χ3n) is 2.46. The van der Waals surface area contributed by atoms with Crippen molar-refractivity contribution in [1.82, 2.24) is 4.98 Å². The number of anilines is 1. The number of hydrogen-bond acceptors (Lipinski definition) is 5. The molecule has 0 bridgehead atoms. The lowest BCUT2D eigenvalue weighted by molar-refractivity contribution is -0.384. The number of nitro groups is 1. The summed E-state index contributed by atoms with van der Waals surface area (Å²) in [5, 5.41) is 19.9. The second-order valence-corrected chi connectivity index (χ2v) is 5.03. The van der Waals surface area contributed by atoms with Crippen molar-refractivity contribution in [2.75, 3.05) is 18.1 Å². The predicted molar refractivity (Wildman–Crippen MR) is 72.8 cm³/mol. The SMILES string of the molecule is CC(C)N(CCCO)c1ncc(Br)cc1[N+](=O)[O-]. The minimum atomic E-state index is -0.443. The summed E-state index contributed by atoms with van der Waals surface area (Å²) in [4.78, 5) is 16.6. The lowest BCUT2D eigenvalue weighted by Gasteiger charge is -2.27. The van der Waals surface area contributed by atoms with Crippen molar-refractivity contribution in [2.45, 2.75) is 26.3 Å². The Morgan fingerprint density at radius 1 is 1.61 bits per heavy atom. The Morgan fingerprint density at radius 2 is 2.28 bits per heavy atom. The Bertz CT molecular complexity index is 426. The van der Waals surface area contributed by atoms with E-state index < -0.39 is 4.92 Å². The molecule has 0 aromatic carbocycles. The zero-order valence-electron chi connectivity index (χ0n) is 10.3. The maximum atomic E-state index is 11.0. The molecule has 0 amide bonds. The van der Waals surface area contributed by atoms with E-state index in [1.54, 1.807) is 0 Å². The van der Waals surface area contributed by atoms with E-state index >= 15 is 0 Å². The molecule has 6 nitrogen and oxygen atoms in total. The lowest BCUT2D eigenvalue weighted by Crippen LogP contribution is -2.33. The normalized spacial score (nSPS) is 10.7. The minimum Gasteiger partial charge on any atom is -0.396 e. The quantitative estimate of drug-likeness (QED) is 0.643. The van der Waals surface area contributed by atoms with E-state index in [1.807, 2.05) is 18.7 Å². The van der Waals surface area contributed by atoms with Crippen LogP contribution < -0.4 is 4.90 Å². The van der Waals surface area contributed by atoms with Crippen LogP contribution in [0.25, 0.3) is 0 Å². The van der Waals surface area contributed by atoms with Gasteiger partial charge in [0.15, 0.2) is 0 Å². The van der Waals surface area contributed by atoms with E-state index in [0.717, 1.165) is 0 Å². The molecule has 0 aliphatic heterocycles. The van der Waals surface area contributed by atoms with Crippen molar-refractivity contribution < 1.29 is 10.0 Å². The highest BCUT2D eigenvalue weighted by atomic mass is 79.9. The number of hydrogen-bond donors (Lipinski definition) is 1. The lowest BCUT2D eigenvalue weighted by atomic mass is 10.2. The van der Waals surface area contributed by atoms with Crippen molar-refractivity contribution in [3.63, 3.8) is 0 Å². The summed E-state index contributed by atoms with van der Waals surface area (Å²) in [7, 11) is 0. The van der Waals surface area contributed by atoms with E-state index in [2.05, 4.69) is 20.9 Å². The monoisotopic (exact) mass is 317 g/mol. The van der Waals surface area contributed by atoms with Crippen LogP contribution in [0.15, 0.2) is 16.7 Å². The highest BCUT2D eigenvalue weighted by molar-refractivity contribution is 9.10. The summed E-state index contributed by atoms with van der Waals surface area (Å²) < 4.78 is 0.573. The molecular formula is C11H16BrN3O3. The van der Waals surface area contributed by atoms with Crippen LogP contribution in [-0.4, -0.2) is 34.2 Å². The maximum Gasteiger partial charge on any atom is 0.312 e. The van der Waals surface area contributed by atoms with Gasteiger partial charge in [0, 0.05) is 35.9 Å². The Balaban J connectivity index is 3.14. The first-order chi connectivity index (χ1) is 8.47. The third kappa shape index (κ3) is 3.64. The van der Waals surface area contributed by atoms with Crippen LogP contribution in [-0.2, 0) is 0 Å². The third-order valence-corrected chi connectivity index (χ3v) is 2.90. The molecule has 0 unspecified atom stereocenters. The van der Waals surface area contributed by atoms with Gasteiger partial charge >= 0.3 is 5.69 Å². The van der Waals surface area contributed by atoms with Gasteiger partial charge in [0.1, 0.15) is 0 Å². The number of nitrogens with zero attached hydrogens (tertiary/aromatic N) is 3. The van der Waals surface area contributed by atoms with Crippen molar-refractivity contribution >= 4 is 27.4 Å². The Kier molecular flexibility index (Phi) is 5.49. The van der Waals surface area contributed by atoms with Gasteiger partial charge in [-0.05, 0) is 36.2 Å². The fraction of sp³-hybridized carbons (Fsp3) is 0.545. The van der Waals surface area contributed by atoms with Gasteiger partial charge in [-0.2, -0.15) is 0 Å². The van der Waals surface area contributed by atoms with Gasteiger partial charge in [-0.1, -0.05) is 0 Å². The summed E-state index contributed by atoms with van der Waals surface area (Å²) in [5.74, 6) is 0.339. The maximum absolute atomic E-state index is 11.0. The smallest absolute Gasteiger partial charge is 0.312 e. The second kappa shape index (κ2) is 6.65. The average molecular weight is 318 g/mol. The summed E-state index contributed by atoms with van der Waals surface area (Å²) in [6.45, 7) is 4.45. The van der Waals surface area contributed by atoms with Crippen LogP contribution in [0.2, 0.25) is 0 Å². The summed E-state index contributed by atoms with van der Waals surface area (Å²) in [5.41, 5.74) is -0.0315. The van der Waals surface area contributed by atoms with Gasteiger partial charge in [-0.3, -0.25) is 10.1 Å². The van der Waals surface area contributed by atoms with Gasteiger partial charge in [0.05, 0.1) is 4.92 Å². The standard InChI is InChI=1S/C11H16BrN3O3/c1-8(2)14(4-3-5-16)11-10(15(17)18)6-9(12)7-13-11/h6-8,16H,3-5H2,1-2H3. The first-order valence-electron chi connectivity index (χ1n) is 5.64. The van der Waals surface area contributed by atoms with Gasteiger partial charge in [-0.25, -0.2) is 4.98 Å². The average Bonchev–Trinajstić information content (AvgIpc) is 2.30. The molecule has 0 fully saturated rings. The Hall–Kier alpha value is -1.21. The van der Waals surface area contributed by atoms with Gasteiger partial charge in [0.25, 0.3) is 0 Å². The molecule has 0 saturated heterocycles. The van der Waals surface area contributed by atoms with Crippen molar-refractivity contribution in [1.29, 1.82) is 0 Å². The topological polar surface area (TPSA) is 79.5 Å². The van der Waals surface area contributed by atoms with E-state index in [1.165, 1.54) is 12.3 Å². The van der Waals surface area contributed by atoms with Crippen LogP contribution in [0.4, 0.5) is 11.5 Å². The van der Waals surface area contributed by atoms with Crippen molar-refractivity contribution in [3.8, 4) is 0 Å². The fourth-order valence-electron chi connectivity index (χ4n) is 1.63. The van der Waals surface area contributed by atoms with E-state index in [4.69, 9.17) is 5.11 Å². The Labute approximate surface area is 114 Å². The molecule has 18 heavy (non-hydrogen) atoms. The van der Waals surface area contributed by atoms with E-state index in [9.17, 15) is 10.1 Å². The molecule has 0 radical (unpaired) electrons. The molecule has 1 aromatic heterocycles. The highest BCUT2D eigenvalue weighted by Crippen LogP contribution is 2.29. The molecule has 1 rings (SSSR count). The molecule has 100 valence electrons. The molecule has 0 aliphatic carbocycles. The summed E-state index contributed by atoms with van der Waals surface area (Å²) in [6.07, 6.45) is 2.09. The molecule has 0 atom stereocenters. The number of halogens is 1. The van der Waals surface area contributed by atoms with E-state index in [0.29, 0.717) is 23.3 Å². The van der Waals surface area contributed by atoms with Crippen LogP contribution in [0, 0.1) is 10.1 Å². The zero-order valence-corrected chi connectivity index (χ0v) is 11.9. The minimum absolute atomic E-state index is 0.0315. The molecule has 1 aromatic rings. The highest BCUT2D eigenvalue weighted by Gasteiger charge is 2.23.